The summed E-state index contributed by atoms with van der Waals surface area (Å²) in [5.74, 6) is 0.0462. The van der Waals surface area contributed by atoms with E-state index < -0.39 is 6.04 Å². The first-order valence-corrected chi connectivity index (χ1v) is 15.6. The molecule has 0 saturated heterocycles. The van der Waals surface area contributed by atoms with Crippen molar-refractivity contribution in [3.05, 3.63) is 23.8 Å². The van der Waals surface area contributed by atoms with Gasteiger partial charge in [0.05, 0.1) is 30.4 Å². The van der Waals surface area contributed by atoms with Crippen LogP contribution in [0.3, 0.4) is 0 Å². The number of nitrogens with one attached hydrogen (secondary N) is 2. The first kappa shape index (κ1) is 36.3. The lowest BCUT2D eigenvalue weighted by atomic mass is 10.0. The molecule has 0 radical (unpaired) electrons. The van der Waals surface area contributed by atoms with Crippen LogP contribution in [0.15, 0.2) is 18.2 Å². The minimum atomic E-state index is -0.486. The van der Waals surface area contributed by atoms with Gasteiger partial charge in [0.1, 0.15) is 5.75 Å². The maximum atomic E-state index is 14.2. The maximum absolute atomic E-state index is 14.2. The Hall–Kier alpha value is -2.89. The molecule has 0 aliphatic carbocycles. The fraction of sp³-hybridized carbons (Fsp3) is 0.719. The lowest BCUT2D eigenvalue weighted by Gasteiger charge is -2.36. The smallest absolute Gasteiger partial charge is 0.319 e. The highest BCUT2D eigenvalue weighted by atomic mass is 16.5. The van der Waals surface area contributed by atoms with Crippen molar-refractivity contribution >= 4 is 23.5 Å². The van der Waals surface area contributed by atoms with Crippen LogP contribution in [0.5, 0.6) is 5.75 Å². The zero-order chi connectivity index (χ0) is 32.1. The van der Waals surface area contributed by atoms with E-state index in [4.69, 9.17) is 9.47 Å². The van der Waals surface area contributed by atoms with Gasteiger partial charge < -0.3 is 39.9 Å². The largest absolute Gasteiger partial charge is 0.490 e. The number of likely N-dealkylation sites (N-methyl/N-ethyl adjacent to an activating group) is 1. The zero-order valence-corrected chi connectivity index (χ0v) is 27.5. The molecule has 4 amide bonds. The van der Waals surface area contributed by atoms with Crippen molar-refractivity contribution in [2.45, 2.75) is 91.0 Å². The Morgan fingerprint density at radius 1 is 1.14 bits per heavy atom. The number of hydrogen-bond acceptors (Lipinski definition) is 7. The third-order valence-electron chi connectivity index (χ3n) is 7.60. The van der Waals surface area contributed by atoms with E-state index in [9.17, 15) is 19.5 Å². The number of rotatable bonds is 10. The van der Waals surface area contributed by atoms with Gasteiger partial charge in [-0.25, -0.2) is 4.79 Å². The fourth-order valence-electron chi connectivity index (χ4n) is 5.00. The summed E-state index contributed by atoms with van der Waals surface area (Å²) in [7, 11) is 5.79. The second kappa shape index (κ2) is 18.0. The molecule has 244 valence electrons. The van der Waals surface area contributed by atoms with Crippen LogP contribution in [0.1, 0.15) is 77.1 Å². The SMILES string of the molecule is CC(C)NC(=O)Nc1ccc2c(c1)C(=O)N([C@@H](C)CO)C[C@H](C)[C@@H](CN(C)C(=O)CCCN(C)C)OCCCC[C@H](C)O2. The van der Waals surface area contributed by atoms with Crippen LogP contribution in [0.25, 0.3) is 0 Å². The van der Waals surface area contributed by atoms with Gasteiger partial charge in [0.2, 0.25) is 5.91 Å². The molecule has 0 aromatic heterocycles. The normalized spacial score (nSPS) is 21.0. The number of fused-ring (bicyclic) bond motifs is 1. The minimum absolute atomic E-state index is 0.0481. The Bertz CT molecular complexity index is 1040. The second-order valence-electron chi connectivity index (χ2n) is 12.4. The number of aliphatic hydroxyl groups is 1. The average Bonchev–Trinajstić information content (AvgIpc) is 2.93. The first-order valence-electron chi connectivity index (χ1n) is 15.6. The lowest BCUT2D eigenvalue weighted by Crippen LogP contribution is -2.48. The first-order chi connectivity index (χ1) is 20.3. The maximum Gasteiger partial charge on any atom is 0.319 e. The molecule has 2 rings (SSSR count). The summed E-state index contributed by atoms with van der Waals surface area (Å²) in [4.78, 5) is 44.9. The van der Waals surface area contributed by atoms with Gasteiger partial charge in [-0.3, -0.25) is 9.59 Å². The van der Waals surface area contributed by atoms with Gasteiger partial charge in [0, 0.05) is 50.8 Å². The van der Waals surface area contributed by atoms with Gasteiger partial charge >= 0.3 is 6.03 Å². The van der Waals surface area contributed by atoms with Gasteiger partial charge in [-0.15, -0.1) is 0 Å². The molecule has 1 aliphatic rings. The van der Waals surface area contributed by atoms with Crippen LogP contribution in [-0.4, -0.2) is 116 Å². The molecule has 1 aromatic rings. The van der Waals surface area contributed by atoms with Gasteiger partial charge in [-0.2, -0.15) is 0 Å². The predicted octanol–water partition coefficient (Wildman–Crippen LogP) is 3.81. The summed E-state index contributed by atoms with van der Waals surface area (Å²) in [6.45, 7) is 11.4. The van der Waals surface area contributed by atoms with E-state index in [-0.39, 0.29) is 48.6 Å². The molecule has 0 unspecified atom stereocenters. The van der Waals surface area contributed by atoms with E-state index in [0.717, 1.165) is 32.2 Å². The van der Waals surface area contributed by atoms with Crippen LogP contribution in [-0.2, 0) is 9.53 Å². The highest BCUT2D eigenvalue weighted by Crippen LogP contribution is 2.28. The molecule has 11 heteroatoms. The molecule has 1 aliphatic heterocycles. The number of nitrogens with zero attached hydrogens (tertiary/aromatic N) is 3. The quantitative estimate of drug-likeness (QED) is 0.371. The van der Waals surface area contributed by atoms with E-state index in [1.807, 2.05) is 41.8 Å². The van der Waals surface area contributed by atoms with E-state index in [1.165, 1.54) is 0 Å². The highest BCUT2D eigenvalue weighted by molar-refractivity contribution is 5.99. The molecule has 0 fully saturated rings. The number of aliphatic hydroxyl groups excluding tert-OH is 1. The van der Waals surface area contributed by atoms with Crippen molar-refractivity contribution in [2.24, 2.45) is 5.92 Å². The number of benzene rings is 1. The van der Waals surface area contributed by atoms with Crippen molar-refractivity contribution in [1.29, 1.82) is 0 Å². The summed E-state index contributed by atoms with van der Waals surface area (Å²) in [6, 6.07) is 4.17. The highest BCUT2D eigenvalue weighted by Gasteiger charge is 2.31. The molecule has 11 nitrogen and oxygen atoms in total. The Morgan fingerprint density at radius 3 is 2.51 bits per heavy atom. The van der Waals surface area contributed by atoms with Crippen LogP contribution in [0.2, 0.25) is 0 Å². The summed E-state index contributed by atoms with van der Waals surface area (Å²) >= 11 is 0. The van der Waals surface area contributed by atoms with Crippen LogP contribution >= 0.6 is 0 Å². The second-order valence-corrected chi connectivity index (χ2v) is 12.4. The van der Waals surface area contributed by atoms with Crippen molar-refractivity contribution in [3.8, 4) is 5.75 Å². The van der Waals surface area contributed by atoms with Crippen molar-refractivity contribution < 1.29 is 29.0 Å². The molecule has 0 saturated carbocycles. The molecule has 4 atom stereocenters. The van der Waals surface area contributed by atoms with Gasteiger partial charge in [-0.05, 0) is 92.2 Å². The molecule has 0 spiro atoms. The molecule has 3 N–H and O–H groups in total. The summed E-state index contributed by atoms with van der Waals surface area (Å²) in [5.41, 5.74) is 0.771. The molecular formula is C32H55N5O6. The Labute approximate surface area is 258 Å². The molecule has 43 heavy (non-hydrogen) atoms. The van der Waals surface area contributed by atoms with Crippen LogP contribution in [0, 0.1) is 5.92 Å². The average molecular weight is 606 g/mol. The molecule has 0 bridgehead atoms. The zero-order valence-electron chi connectivity index (χ0n) is 27.5. The number of carbonyl (C=O) groups is 3. The van der Waals surface area contributed by atoms with Crippen molar-refractivity contribution in [3.63, 3.8) is 0 Å². The molecular weight excluding hydrogens is 550 g/mol. The third-order valence-corrected chi connectivity index (χ3v) is 7.60. The lowest BCUT2D eigenvalue weighted by molar-refractivity contribution is -0.132. The van der Waals surface area contributed by atoms with Crippen molar-refractivity contribution in [2.75, 3.05) is 59.3 Å². The molecule has 1 aromatic carbocycles. The number of ether oxygens (including phenoxy) is 2. The van der Waals surface area contributed by atoms with E-state index in [0.29, 0.717) is 43.1 Å². The minimum Gasteiger partial charge on any atom is -0.490 e. The summed E-state index contributed by atoms with van der Waals surface area (Å²) in [5, 5.41) is 15.7. The molecule has 1 heterocycles. The predicted molar refractivity (Wildman–Crippen MR) is 170 cm³/mol. The van der Waals surface area contributed by atoms with Gasteiger partial charge in [0.25, 0.3) is 5.91 Å². The summed E-state index contributed by atoms with van der Waals surface area (Å²) in [6.07, 6.45) is 3.29. The number of urea groups is 1. The number of carbonyl (C=O) groups excluding carboxylic acids is 3. The number of anilines is 1. The fourth-order valence-corrected chi connectivity index (χ4v) is 5.00. The number of amides is 4. The van der Waals surface area contributed by atoms with Gasteiger partial charge in [-0.1, -0.05) is 6.92 Å². The van der Waals surface area contributed by atoms with Crippen molar-refractivity contribution in [1.82, 2.24) is 20.0 Å². The monoisotopic (exact) mass is 605 g/mol. The third kappa shape index (κ3) is 12.3. The Kier molecular flexibility index (Phi) is 15.2. The topological polar surface area (TPSA) is 124 Å². The Balaban J connectivity index is 2.38. The van der Waals surface area contributed by atoms with Crippen LogP contribution in [0.4, 0.5) is 10.5 Å². The van der Waals surface area contributed by atoms with Crippen LogP contribution < -0.4 is 15.4 Å². The van der Waals surface area contributed by atoms with E-state index in [2.05, 4.69) is 15.5 Å². The Morgan fingerprint density at radius 2 is 1.86 bits per heavy atom. The summed E-state index contributed by atoms with van der Waals surface area (Å²) < 4.78 is 12.6. The standard InChI is InChI=1S/C32H55N5O6/c1-22(2)33-32(41)34-26-14-15-28-27(18-26)31(40)37(24(4)21-38)19-23(3)29(42-17-10-9-12-25(5)43-28)20-36(8)30(39)13-11-16-35(6)7/h14-15,18,22-25,29,38H,9-13,16-17,19-21H2,1-8H3,(H2,33,34,41)/t23-,24-,25-,29+/m0/s1. The van der Waals surface area contributed by atoms with E-state index >= 15 is 0 Å². The number of hydrogen-bond donors (Lipinski definition) is 3. The van der Waals surface area contributed by atoms with Gasteiger partial charge in [0.15, 0.2) is 0 Å². The van der Waals surface area contributed by atoms with E-state index in [1.54, 1.807) is 42.0 Å².